The highest BCUT2D eigenvalue weighted by molar-refractivity contribution is 5.89. The van der Waals surface area contributed by atoms with Crippen molar-refractivity contribution in [1.82, 2.24) is 0 Å². The van der Waals surface area contributed by atoms with E-state index in [1.807, 2.05) is 0 Å². The lowest BCUT2D eigenvalue weighted by atomic mass is 9.96. The highest BCUT2D eigenvalue weighted by Crippen LogP contribution is 2.27. The standard InChI is InChI=1S/C32H40O19/c33-11-19-23(37)25(39)27(41)29(50-19)48-17-5-1-15(2-6-17)13-46-21(35)9-32(45,31(43)44)10-22(36)47-14-16-3-7-18(8-4-16)49-30-28(42)26(40)24(38)20(12-34)51-30/h1-8,19-20,23-30,33-34,37-42,45H,9-14H2,(H,43,44)/t19-,20+,23-,24-,25+,26+,27-,28-,29-,30+,32?/m0/s1. The lowest BCUT2D eigenvalue weighted by Gasteiger charge is -2.39. The molecule has 1 unspecified atom stereocenters. The fourth-order valence-corrected chi connectivity index (χ4v) is 5.05. The molecule has 0 amide bonds. The quantitative estimate of drug-likeness (QED) is 0.0793. The van der Waals surface area contributed by atoms with Crippen molar-refractivity contribution in [3.05, 3.63) is 59.7 Å². The molecule has 0 spiro atoms. The smallest absolute Gasteiger partial charge is 0.336 e. The van der Waals surface area contributed by atoms with Crippen molar-refractivity contribution >= 4 is 17.9 Å². The summed E-state index contributed by atoms with van der Waals surface area (Å²) in [6, 6.07) is 11.4. The van der Waals surface area contributed by atoms with E-state index in [9.17, 15) is 65.4 Å². The van der Waals surface area contributed by atoms with E-state index < -0.39 is 111 Å². The summed E-state index contributed by atoms with van der Waals surface area (Å²) in [5.74, 6) is -3.88. The molecule has 0 saturated carbocycles. The van der Waals surface area contributed by atoms with E-state index in [-0.39, 0.29) is 24.7 Å². The van der Waals surface area contributed by atoms with E-state index in [1.165, 1.54) is 48.5 Å². The van der Waals surface area contributed by atoms with Gasteiger partial charge >= 0.3 is 17.9 Å². The van der Waals surface area contributed by atoms with Gasteiger partial charge in [0.05, 0.1) is 26.1 Å². The Labute approximate surface area is 289 Å². The molecule has 19 nitrogen and oxygen atoms in total. The van der Waals surface area contributed by atoms with Crippen molar-refractivity contribution in [1.29, 1.82) is 0 Å². The van der Waals surface area contributed by atoms with Crippen molar-refractivity contribution in [3.63, 3.8) is 0 Å². The van der Waals surface area contributed by atoms with Gasteiger partial charge in [0.15, 0.2) is 5.60 Å². The van der Waals surface area contributed by atoms with Crippen molar-refractivity contribution in [2.75, 3.05) is 13.2 Å². The third-order valence-corrected chi connectivity index (χ3v) is 8.12. The Bertz CT molecular complexity index is 1350. The Morgan fingerprint density at radius 3 is 1.25 bits per heavy atom. The Balaban J connectivity index is 1.23. The predicted octanol–water partition coefficient (Wildman–Crippen LogP) is -3.57. The fraction of sp³-hybridized carbons (Fsp3) is 0.531. The number of rotatable bonds is 15. The van der Waals surface area contributed by atoms with Crippen LogP contribution in [-0.4, -0.2) is 149 Å². The third kappa shape index (κ3) is 10.1. The molecule has 2 saturated heterocycles. The number of ether oxygens (including phenoxy) is 6. The number of carboxylic acids is 1. The monoisotopic (exact) mass is 728 g/mol. The number of carboxylic acid groups (broad SMARTS) is 1. The second kappa shape index (κ2) is 17.5. The van der Waals surface area contributed by atoms with Gasteiger partial charge in [-0.2, -0.15) is 0 Å². The van der Waals surface area contributed by atoms with Crippen molar-refractivity contribution in [2.45, 2.75) is 93.1 Å². The molecule has 11 atom stereocenters. The average molecular weight is 729 g/mol. The predicted molar refractivity (Wildman–Crippen MR) is 163 cm³/mol. The van der Waals surface area contributed by atoms with Gasteiger partial charge in [-0.25, -0.2) is 4.79 Å². The van der Waals surface area contributed by atoms with E-state index >= 15 is 0 Å². The summed E-state index contributed by atoms with van der Waals surface area (Å²) in [6.07, 6.45) is -17.0. The highest BCUT2D eigenvalue weighted by Gasteiger charge is 2.46. The zero-order valence-electron chi connectivity index (χ0n) is 26.8. The number of hydrogen-bond donors (Lipinski definition) is 10. The number of carbonyl (C=O) groups excluding carboxylic acids is 2. The Morgan fingerprint density at radius 1 is 0.588 bits per heavy atom. The van der Waals surface area contributed by atoms with E-state index in [2.05, 4.69) is 0 Å². The zero-order chi connectivity index (χ0) is 37.5. The number of aliphatic hydroxyl groups is 9. The summed E-state index contributed by atoms with van der Waals surface area (Å²) in [4.78, 5) is 36.7. The lowest BCUT2D eigenvalue weighted by molar-refractivity contribution is -0.277. The van der Waals surface area contributed by atoms with Crippen molar-refractivity contribution < 1.29 is 93.9 Å². The van der Waals surface area contributed by atoms with Crippen LogP contribution in [0.1, 0.15) is 24.0 Å². The molecule has 4 rings (SSSR count). The summed E-state index contributed by atoms with van der Waals surface area (Å²) < 4.78 is 31.6. The largest absolute Gasteiger partial charge is 0.479 e. The van der Waals surface area contributed by atoms with Crippen LogP contribution in [0.25, 0.3) is 0 Å². The Hall–Kier alpha value is -3.99. The molecule has 0 aromatic heterocycles. The summed E-state index contributed by atoms with van der Waals surface area (Å²) >= 11 is 0. The molecule has 2 fully saturated rings. The van der Waals surface area contributed by atoms with Gasteiger partial charge in [-0.15, -0.1) is 0 Å². The first-order valence-corrected chi connectivity index (χ1v) is 15.5. The molecule has 2 aromatic carbocycles. The summed E-state index contributed by atoms with van der Waals surface area (Å²) in [6.45, 7) is -2.01. The first-order chi connectivity index (χ1) is 24.1. The van der Waals surface area contributed by atoms with Gasteiger partial charge in [0.25, 0.3) is 0 Å². The van der Waals surface area contributed by atoms with Crippen molar-refractivity contribution in [3.8, 4) is 11.5 Å². The van der Waals surface area contributed by atoms with E-state index in [4.69, 9.17) is 28.4 Å². The topological polar surface area (TPSA) is 309 Å². The van der Waals surface area contributed by atoms with E-state index in [1.54, 1.807) is 0 Å². The fourth-order valence-electron chi connectivity index (χ4n) is 5.05. The maximum atomic E-state index is 12.4. The van der Waals surface area contributed by atoms with Crippen LogP contribution in [0.3, 0.4) is 0 Å². The summed E-state index contributed by atoms with van der Waals surface area (Å²) in [5.41, 5.74) is -2.07. The van der Waals surface area contributed by atoms with Gasteiger partial charge in [0, 0.05) is 0 Å². The van der Waals surface area contributed by atoms with Crippen LogP contribution < -0.4 is 9.47 Å². The molecule has 0 bridgehead atoms. The van der Waals surface area contributed by atoms with E-state index in [0.717, 1.165) is 0 Å². The minimum absolute atomic E-state index is 0.144. The maximum absolute atomic E-state index is 12.4. The van der Waals surface area contributed by atoms with Crippen LogP contribution in [-0.2, 0) is 46.5 Å². The molecule has 19 heteroatoms. The Morgan fingerprint density at radius 2 is 0.941 bits per heavy atom. The van der Waals surface area contributed by atoms with Gasteiger partial charge in [0.1, 0.15) is 73.5 Å². The van der Waals surface area contributed by atoms with Crippen LogP contribution in [0.15, 0.2) is 48.5 Å². The van der Waals surface area contributed by atoms with Crippen LogP contribution in [0.4, 0.5) is 0 Å². The van der Waals surface area contributed by atoms with Gasteiger partial charge in [-0.3, -0.25) is 9.59 Å². The molecule has 0 aliphatic carbocycles. The number of aliphatic carboxylic acids is 1. The SMILES string of the molecule is O=C(CC(O)(CC(=O)OCc1ccc(O[C@@H]2O[C@H](CO)[C@H](O)[C@@H](O)[C@@H]2O)cc1)C(=O)O)OCc1ccc(O[C@H]2O[C@@H](CO)[C@H](O)[C@@H](O)[C@@H]2O)cc1. The number of esters is 2. The minimum atomic E-state index is -2.86. The molecule has 51 heavy (non-hydrogen) atoms. The van der Waals surface area contributed by atoms with Gasteiger partial charge < -0.3 is 79.5 Å². The van der Waals surface area contributed by atoms with E-state index in [0.29, 0.717) is 11.1 Å². The number of benzene rings is 2. The first kappa shape index (κ1) is 39.8. The third-order valence-electron chi connectivity index (χ3n) is 8.12. The van der Waals surface area contributed by atoms with Gasteiger partial charge in [-0.1, -0.05) is 24.3 Å². The molecule has 2 aliphatic heterocycles. The number of hydrogen-bond acceptors (Lipinski definition) is 18. The molecule has 282 valence electrons. The molecular formula is C32H40O19. The lowest BCUT2D eigenvalue weighted by Crippen LogP contribution is -2.60. The highest BCUT2D eigenvalue weighted by atomic mass is 16.7. The van der Waals surface area contributed by atoms with Crippen LogP contribution >= 0.6 is 0 Å². The zero-order valence-corrected chi connectivity index (χ0v) is 26.8. The van der Waals surface area contributed by atoms with Crippen LogP contribution in [0, 0.1) is 0 Å². The van der Waals surface area contributed by atoms with Gasteiger partial charge in [-0.05, 0) is 35.4 Å². The average Bonchev–Trinajstić information content (AvgIpc) is 3.11. The molecule has 10 N–H and O–H groups in total. The number of aliphatic hydroxyl groups excluding tert-OH is 8. The molecule has 2 aromatic rings. The molecule has 2 aliphatic rings. The Kier molecular flexibility index (Phi) is 13.6. The van der Waals surface area contributed by atoms with Gasteiger partial charge in [0.2, 0.25) is 12.6 Å². The second-order valence-corrected chi connectivity index (χ2v) is 11.9. The minimum Gasteiger partial charge on any atom is -0.479 e. The summed E-state index contributed by atoms with van der Waals surface area (Å²) in [5, 5.41) is 98.5. The number of carbonyl (C=O) groups is 3. The first-order valence-electron chi connectivity index (χ1n) is 15.5. The van der Waals surface area contributed by atoms with Crippen LogP contribution in [0.5, 0.6) is 11.5 Å². The van der Waals surface area contributed by atoms with Crippen molar-refractivity contribution in [2.24, 2.45) is 0 Å². The van der Waals surface area contributed by atoms with Crippen LogP contribution in [0.2, 0.25) is 0 Å². The molecular weight excluding hydrogens is 688 g/mol. The maximum Gasteiger partial charge on any atom is 0.336 e. The molecule has 2 heterocycles. The second-order valence-electron chi connectivity index (χ2n) is 11.9. The normalized spacial score (nSPS) is 30.5. The molecule has 0 radical (unpaired) electrons. The summed E-state index contributed by atoms with van der Waals surface area (Å²) in [7, 11) is 0.